The molecule has 1 heterocycles. The predicted octanol–water partition coefficient (Wildman–Crippen LogP) is 2.50. The second kappa shape index (κ2) is 8.81. The highest BCUT2D eigenvalue weighted by atomic mass is 32.2. The third kappa shape index (κ3) is 5.61. The zero-order valence-corrected chi connectivity index (χ0v) is 12.7. The summed E-state index contributed by atoms with van der Waals surface area (Å²) in [4.78, 5) is 14.2. The number of hydrogen-bond donors (Lipinski definition) is 1. The lowest BCUT2D eigenvalue weighted by atomic mass is 9.94. The average molecular weight is 272 g/mol. The molecular formula is C14H28N2OS. The molecule has 0 aromatic heterocycles. The molecule has 4 heteroatoms. The van der Waals surface area contributed by atoms with Crippen molar-refractivity contribution in [1.82, 2.24) is 4.90 Å². The Balaban J connectivity index is 2.29. The van der Waals surface area contributed by atoms with Gasteiger partial charge in [0, 0.05) is 30.5 Å². The highest BCUT2D eigenvalue weighted by molar-refractivity contribution is 7.99. The first kappa shape index (κ1) is 15.8. The van der Waals surface area contributed by atoms with Crippen molar-refractivity contribution in [2.45, 2.75) is 51.2 Å². The summed E-state index contributed by atoms with van der Waals surface area (Å²) < 4.78 is 0. The van der Waals surface area contributed by atoms with E-state index in [4.69, 9.17) is 5.73 Å². The van der Waals surface area contributed by atoms with Crippen LogP contribution >= 0.6 is 11.8 Å². The summed E-state index contributed by atoms with van der Waals surface area (Å²) in [5.41, 5.74) is 5.63. The third-order valence-electron chi connectivity index (χ3n) is 3.63. The van der Waals surface area contributed by atoms with Gasteiger partial charge in [-0.3, -0.25) is 4.79 Å². The van der Waals surface area contributed by atoms with Crippen LogP contribution in [0, 0.1) is 5.92 Å². The summed E-state index contributed by atoms with van der Waals surface area (Å²) >= 11 is 1.97. The van der Waals surface area contributed by atoms with E-state index < -0.39 is 0 Å². The largest absolute Gasteiger partial charge is 0.341 e. The van der Waals surface area contributed by atoms with Crippen LogP contribution in [0.4, 0.5) is 0 Å². The van der Waals surface area contributed by atoms with Gasteiger partial charge < -0.3 is 10.6 Å². The van der Waals surface area contributed by atoms with Crippen LogP contribution in [0.5, 0.6) is 0 Å². The van der Waals surface area contributed by atoms with E-state index in [1.54, 1.807) is 0 Å². The Hall–Kier alpha value is -0.220. The normalized spacial score (nSPS) is 21.9. The van der Waals surface area contributed by atoms with Crippen LogP contribution in [-0.2, 0) is 4.79 Å². The molecule has 1 fully saturated rings. The Morgan fingerprint density at radius 3 is 2.83 bits per heavy atom. The Morgan fingerprint density at radius 2 is 2.22 bits per heavy atom. The summed E-state index contributed by atoms with van der Waals surface area (Å²) in [6.45, 7) is 7.02. The fourth-order valence-electron chi connectivity index (χ4n) is 2.61. The summed E-state index contributed by atoms with van der Waals surface area (Å²) in [7, 11) is 0. The number of carbonyl (C=O) groups excluding carboxylic acids is 1. The second-order valence-electron chi connectivity index (χ2n) is 5.29. The summed E-state index contributed by atoms with van der Waals surface area (Å²) in [6, 6.07) is 0. The Kier molecular flexibility index (Phi) is 7.75. The van der Waals surface area contributed by atoms with Gasteiger partial charge in [0.2, 0.25) is 5.91 Å². The fourth-order valence-corrected chi connectivity index (χ4v) is 3.62. The van der Waals surface area contributed by atoms with Crippen molar-refractivity contribution >= 4 is 17.7 Å². The molecule has 0 aromatic carbocycles. The minimum Gasteiger partial charge on any atom is -0.341 e. The maximum atomic E-state index is 12.1. The monoisotopic (exact) mass is 272 g/mol. The molecule has 0 spiro atoms. The number of amides is 1. The highest BCUT2D eigenvalue weighted by Gasteiger charge is 2.21. The highest BCUT2D eigenvalue weighted by Crippen LogP contribution is 2.21. The zero-order valence-electron chi connectivity index (χ0n) is 11.9. The van der Waals surface area contributed by atoms with Crippen molar-refractivity contribution < 1.29 is 4.79 Å². The lowest BCUT2D eigenvalue weighted by Crippen LogP contribution is -2.41. The van der Waals surface area contributed by atoms with Gasteiger partial charge in [0.05, 0.1) is 0 Å². The van der Waals surface area contributed by atoms with Gasteiger partial charge >= 0.3 is 0 Å². The summed E-state index contributed by atoms with van der Waals surface area (Å²) in [5, 5.41) is 0.596. The van der Waals surface area contributed by atoms with Crippen LogP contribution in [0.25, 0.3) is 0 Å². The predicted molar refractivity (Wildman–Crippen MR) is 79.8 cm³/mol. The second-order valence-corrected chi connectivity index (χ2v) is 6.84. The van der Waals surface area contributed by atoms with E-state index >= 15 is 0 Å². The molecular weight excluding hydrogens is 244 g/mol. The van der Waals surface area contributed by atoms with E-state index in [1.807, 2.05) is 16.7 Å². The van der Waals surface area contributed by atoms with Gasteiger partial charge in [-0.15, -0.1) is 0 Å². The van der Waals surface area contributed by atoms with Crippen molar-refractivity contribution in [3.63, 3.8) is 0 Å². The molecule has 3 nitrogen and oxygen atoms in total. The van der Waals surface area contributed by atoms with Crippen molar-refractivity contribution in [2.75, 3.05) is 25.4 Å². The molecule has 1 saturated heterocycles. The van der Waals surface area contributed by atoms with Gasteiger partial charge in [-0.25, -0.2) is 0 Å². The summed E-state index contributed by atoms with van der Waals surface area (Å²) in [5.74, 6) is 2.08. The number of nitrogens with zero attached hydrogens (tertiary/aromatic N) is 1. The van der Waals surface area contributed by atoms with Gasteiger partial charge in [-0.05, 0) is 25.3 Å². The van der Waals surface area contributed by atoms with Gasteiger partial charge in [-0.2, -0.15) is 11.8 Å². The first-order chi connectivity index (χ1) is 8.67. The smallest absolute Gasteiger partial charge is 0.222 e. The minimum atomic E-state index is 0.347. The molecule has 0 bridgehead atoms. The van der Waals surface area contributed by atoms with Gasteiger partial charge in [0.15, 0.2) is 0 Å². The van der Waals surface area contributed by atoms with Crippen LogP contribution < -0.4 is 5.73 Å². The number of thioether (sulfide) groups is 1. The molecule has 0 saturated carbocycles. The summed E-state index contributed by atoms with van der Waals surface area (Å²) in [6.07, 6.45) is 5.18. The van der Waals surface area contributed by atoms with E-state index in [-0.39, 0.29) is 0 Å². The van der Waals surface area contributed by atoms with Gasteiger partial charge in [0.1, 0.15) is 0 Å². The molecule has 2 N–H and O–H groups in total. The van der Waals surface area contributed by atoms with E-state index in [0.29, 0.717) is 23.5 Å². The van der Waals surface area contributed by atoms with Crippen molar-refractivity contribution in [1.29, 1.82) is 0 Å². The quantitative estimate of drug-likeness (QED) is 0.774. The Bertz CT molecular complexity index is 242. The van der Waals surface area contributed by atoms with Crippen LogP contribution in [0.3, 0.4) is 0 Å². The maximum absolute atomic E-state index is 12.1. The van der Waals surface area contributed by atoms with Crippen LogP contribution in [0.2, 0.25) is 0 Å². The molecule has 1 rings (SSSR count). The number of nitrogens with two attached hydrogens (primary N) is 1. The molecule has 2 unspecified atom stereocenters. The molecule has 2 atom stereocenters. The van der Waals surface area contributed by atoms with E-state index in [1.165, 1.54) is 12.8 Å². The van der Waals surface area contributed by atoms with Crippen molar-refractivity contribution in [3.8, 4) is 0 Å². The van der Waals surface area contributed by atoms with Crippen molar-refractivity contribution in [2.24, 2.45) is 11.7 Å². The molecule has 1 aliphatic rings. The Morgan fingerprint density at radius 1 is 1.44 bits per heavy atom. The van der Waals surface area contributed by atoms with E-state index in [9.17, 15) is 4.79 Å². The van der Waals surface area contributed by atoms with E-state index in [0.717, 1.165) is 38.2 Å². The van der Waals surface area contributed by atoms with Gasteiger partial charge in [0.25, 0.3) is 0 Å². The fraction of sp³-hybridized carbons (Fsp3) is 0.929. The molecule has 0 radical (unpaired) electrons. The molecule has 1 amide bonds. The van der Waals surface area contributed by atoms with Crippen molar-refractivity contribution in [3.05, 3.63) is 0 Å². The van der Waals surface area contributed by atoms with Gasteiger partial charge in [-0.1, -0.05) is 26.7 Å². The minimum absolute atomic E-state index is 0.347. The molecule has 18 heavy (non-hydrogen) atoms. The first-order valence-corrected chi connectivity index (χ1v) is 8.31. The number of rotatable bonds is 7. The number of hydrogen-bond acceptors (Lipinski definition) is 3. The Labute approximate surface area is 116 Å². The zero-order chi connectivity index (χ0) is 13.4. The SMILES string of the molecule is CCCC(CCN)CCC(=O)N1CCSC(C)C1. The topological polar surface area (TPSA) is 46.3 Å². The lowest BCUT2D eigenvalue weighted by molar-refractivity contribution is -0.131. The maximum Gasteiger partial charge on any atom is 0.222 e. The van der Waals surface area contributed by atoms with E-state index in [2.05, 4.69) is 13.8 Å². The van der Waals surface area contributed by atoms with Crippen LogP contribution in [0.15, 0.2) is 0 Å². The standard InChI is InChI=1S/C14H28N2OS/c1-3-4-13(7-8-15)5-6-14(17)16-9-10-18-12(2)11-16/h12-13H,3-11,15H2,1-2H3. The molecule has 106 valence electrons. The third-order valence-corrected chi connectivity index (χ3v) is 4.77. The average Bonchev–Trinajstić information content (AvgIpc) is 2.36. The van der Waals surface area contributed by atoms with Crippen LogP contribution in [0.1, 0.15) is 46.0 Å². The molecule has 1 aliphatic heterocycles. The molecule has 0 aliphatic carbocycles. The first-order valence-electron chi connectivity index (χ1n) is 7.26. The molecule has 0 aromatic rings. The van der Waals surface area contributed by atoms with Crippen LogP contribution in [-0.4, -0.2) is 41.4 Å². The lowest BCUT2D eigenvalue weighted by Gasteiger charge is -2.31. The number of carbonyl (C=O) groups is 1.